The number of hydrogen-bond acceptors (Lipinski definition) is 6. The van der Waals surface area contributed by atoms with Crippen LogP contribution < -0.4 is 9.47 Å². The first-order valence-electron chi connectivity index (χ1n) is 10.3. The fraction of sp³-hybridized carbons (Fsp3) is 0.682. The minimum Gasteiger partial charge on any atom is -0.493 e. The smallest absolute Gasteiger partial charge is 0.302 e. The van der Waals surface area contributed by atoms with E-state index in [1.54, 1.807) is 7.11 Å². The highest BCUT2D eigenvalue weighted by molar-refractivity contribution is 5.66. The van der Waals surface area contributed by atoms with Crippen LogP contribution >= 0.6 is 0 Å². The van der Waals surface area contributed by atoms with Gasteiger partial charge in [0.05, 0.1) is 19.6 Å². The van der Waals surface area contributed by atoms with Gasteiger partial charge in [-0.15, -0.1) is 0 Å². The van der Waals surface area contributed by atoms with Crippen LogP contribution in [0.5, 0.6) is 11.5 Å². The molecule has 3 aliphatic heterocycles. The van der Waals surface area contributed by atoms with Gasteiger partial charge in [-0.1, -0.05) is 6.07 Å². The van der Waals surface area contributed by atoms with Crippen molar-refractivity contribution < 1.29 is 23.7 Å². The summed E-state index contributed by atoms with van der Waals surface area (Å²) in [6.07, 6.45) is 3.12. The van der Waals surface area contributed by atoms with Crippen LogP contribution in [-0.2, 0) is 26.1 Å². The number of piperidine rings is 1. The van der Waals surface area contributed by atoms with Gasteiger partial charge in [-0.25, -0.2) is 0 Å². The Morgan fingerprint density at radius 3 is 2.93 bits per heavy atom. The number of hydrogen-bond donors (Lipinski definition) is 0. The topological polar surface area (TPSA) is 57.2 Å². The van der Waals surface area contributed by atoms with Gasteiger partial charge in [0.25, 0.3) is 0 Å². The van der Waals surface area contributed by atoms with Crippen molar-refractivity contribution in [3.8, 4) is 11.5 Å². The molecule has 2 saturated heterocycles. The molecule has 0 N–H and O–H groups in total. The van der Waals surface area contributed by atoms with E-state index in [9.17, 15) is 4.79 Å². The van der Waals surface area contributed by atoms with Crippen molar-refractivity contribution in [2.75, 3.05) is 33.9 Å². The van der Waals surface area contributed by atoms with E-state index in [-0.39, 0.29) is 23.4 Å². The number of methoxy groups -OCH3 is 1. The van der Waals surface area contributed by atoms with Crippen LogP contribution in [0, 0.1) is 11.8 Å². The number of benzene rings is 1. The second kappa shape index (κ2) is 5.42. The molecule has 150 valence electrons. The highest BCUT2D eigenvalue weighted by Gasteiger charge is 2.73. The van der Waals surface area contributed by atoms with Crippen LogP contribution in [-0.4, -0.2) is 62.5 Å². The molecule has 3 heterocycles. The van der Waals surface area contributed by atoms with Gasteiger partial charge in [0.15, 0.2) is 11.5 Å². The van der Waals surface area contributed by atoms with E-state index in [1.807, 2.05) is 0 Å². The number of esters is 1. The van der Waals surface area contributed by atoms with Crippen molar-refractivity contribution in [1.82, 2.24) is 4.90 Å². The quantitative estimate of drug-likeness (QED) is 0.741. The van der Waals surface area contributed by atoms with Crippen molar-refractivity contribution in [3.05, 3.63) is 23.3 Å². The average molecular weight is 385 g/mol. The van der Waals surface area contributed by atoms with Gasteiger partial charge in [-0.3, -0.25) is 4.79 Å². The fourth-order valence-electron chi connectivity index (χ4n) is 7.04. The Bertz CT molecular complexity index is 871. The molecule has 6 atom stereocenters. The summed E-state index contributed by atoms with van der Waals surface area (Å²) in [6, 6.07) is 4.76. The predicted octanol–water partition coefficient (Wildman–Crippen LogP) is 1.92. The Morgan fingerprint density at radius 2 is 2.21 bits per heavy atom. The zero-order valence-electron chi connectivity index (χ0n) is 16.7. The first kappa shape index (κ1) is 17.1. The predicted molar refractivity (Wildman–Crippen MR) is 101 cm³/mol. The van der Waals surface area contributed by atoms with Crippen LogP contribution in [0.1, 0.15) is 30.9 Å². The molecular formula is C22H27NO5. The Balaban J connectivity index is 1.51. The molecule has 0 radical (unpaired) electrons. The maximum Gasteiger partial charge on any atom is 0.302 e. The number of rotatable bonds is 3. The lowest BCUT2D eigenvalue weighted by molar-refractivity contribution is -0.295. The summed E-state index contributed by atoms with van der Waals surface area (Å²) in [6.45, 7) is 3.56. The van der Waals surface area contributed by atoms with E-state index in [1.165, 1.54) is 18.1 Å². The number of nitrogens with zero attached hydrogens (tertiary/aromatic N) is 1. The van der Waals surface area contributed by atoms with Crippen LogP contribution in [0.2, 0.25) is 0 Å². The molecule has 1 aromatic carbocycles. The monoisotopic (exact) mass is 385 g/mol. The van der Waals surface area contributed by atoms with E-state index < -0.39 is 5.60 Å². The van der Waals surface area contributed by atoms with Gasteiger partial charge in [0.1, 0.15) is 18.3 Å². The van der Waals surface area contributed by atoms with Gasteiger partial charge in [-0.05, 0) is 50.4 Å². The zero-order chi connectivity index (χ0) is 19.3. The van der Waals surface area contributed by atoms with Gasteiger partial charge < -0.3 is 23.8 Å². The standard InChI is InChI=1S/C22H27NO5/c1-12(24)26-11-21-9-14-16-8-13-4-5-17(25-3)19-18(13)22(14,6-7-23(16)2)20(28-19)15(21)10-27-21/h4-5,14-16,20H,6-11H2,1-3H3/t14-,15-,16+,20-,21-,22-/m0/s1. The minimum atomic E-state index is -0.409. The maximum absolute atomic E-state index is 11.5. The number of carbonyl (C=O) groups excluding carboxylic acids is 1. The molecule has 2 bridgehead atoms. The third kappa shape index (κ3) is 1.84. The lowest BCUT2D eigenvalue weighted by Gasteiger charge is -2.66. The molecule has 6 nitrogen and oxygen atoms in total. The third-order valence-electron chi connectivity index (χ3n) is 8.32. The maximum atomic E-state index is 11.5. The summed E-state index contributed by atoms with van der Waals surface area (Å²) < 4.78 is 24.1. The first-order valence-corrected chi connectivity index (χ1v) is 10.3. The van der Waals surface area contributed by atoms with Crippen LogP contribution in [0.3, 0.4) is 0 Å². The van der Waals surface area contributed by atoms with E-state index in [0.29, 0.717) is 25.2 Å². The SMILES string of the molecule is COc1ccc2c3c1O[C@H]1[C@@H]4CO[C@]4(COC(C)=O)C[C@H]4[C@@H](C2)N(C)CC[C@@]341. The Hall–Kier alpha value is -1.79. The Morgan fingerprint density at radius 1 is 1.36 bits per heavy atom. The van der Waals surface area contributed by atoms with Crippen LogP contribution in [0.15, 0.2) is 12.1 Å². The third-order valence-corrected chi connectivity index (χ3v) is 8.32. The molecular weight excluding hydrogens is 358 g/mol. The number of likely N-dealkylation sites (N-methyl/N-ethyl adjacent to an activating group) is 1. The van der Waals surface area contributed by atoms with Gasteiger partial charge in [-0.2, -0.15) is 0 Å². The molecule has 0 aromatic heterocycles. The summed E-state index contributed by atoms with van der Waals surface area (Å²) in [7, 11) is 3.96. The molecule has 2 aliphatic carbocycles. The number of fused-ring (bicyclic) bond motifs is 2. The largest absolute Gasteiger partial charge is 0.493 e. The number of carbonyl (C=O) groups is 1. The normalized spacial score (nSPS) is 42.0. The molecule has 6 rings (SSSR count). The second-order valence-corrected chi connectivity index (χ2v) is 9.29. The van der Waals surface area contributed by atoms with Crippen molar-refractivity contribution >= 4 is 5.97 Å². The zero-order valence-corrected chi connectivity index (χ0v) is 16.7. The first-order chi connectivity index (χ1) is 13.5. The summed E-state index contributed by atoms with van der Waals surface area (Å²) in [4.78, 5) is 14.0. The van der Waals surface area contributed by atoms with Crippen molar-refractivity contribution in [2.24, 2.45) is 11.8 Å². The number of likely N-dealkylation sites (tertiary alicyclic amines) is 1. The van der Waals surface area contributed by atoms with Gasteiger partial charge in [0.2, 0.25) is 0 Å². The Labute approximate surface area is 165 Å². The Kier molecular flexibility index (Phi) is 3.31. The fourth-order valence-corrected chi connectivity index (χ4v) is 7.04. The molecule has 1 aromatic rings. The molecule has 6 heteroatoms. The highest BCUT2D eigenvalue weighted by Crippen LogP contribution is 2.68. The summed E-state index contributed by atoms with van der Waals surface area (Å²) in [5.41, 5.74) is 2.44. The van der Waals surface area contributed by atoms with E-state index in [0.717, 1.165) is 37.3 Å². The second-order valence-electron chi connectivity index (χ2n) is 9.29. The lowest BCUT2D eigenvalue weighted by Crippen LogP contribution is -2.76. The summed E-state index contributed by atoms with van der Waals surface area (Å²) in [5, 5.41) is 0. The van der Waals surface area contributed by atoms with Crippen LogP contribution in [0.25, 0.3) is 0 Å². The molecule has 0 unspecified atom stereocenters. The minimum absolute atomic E-state index is 0.0306. The van der Waals surface area contributed by atoms with Crippen LogP contribution in [0.4, 0.5) is 0 Å². The van der Waals surface area contributed by atoms with Crippen molar-refractivity contribution in [2.45, 2.75) is 49.3 Å². The molecule has 0 amide bonds. The van der Waals surface area contributed by atoms with E-state index >= 15 is 0 Å². The van der Waals surface area contributed by atoms with E-state index in [2.05, 4.69) is 24.1 Å². The molecule has 1 saturated carbocycles. The molecule has 28 heavy (non-hydrogen) atoms. The summed E-state index contributed by atoms with van der Waals surface area (Å²) >= 11 is 0. The molecule has 1 spiro atoms. The average Bonchev–Trinajstić information content (AvgIpc) is 2.98. The van der Waals surface area contributed by atoms with Crippen molar-refractivity contribution in [1.29, 1.82) is 0 Å². The van der Waals surface area contributed by atoms with Gasteiger partial charge in [0, 0.05) is 23.9 Å². The van der Waals surface area contributed by atoms with Gasteiger partial charge >= 0.3 is 5.97 Å². The molecule has 3 fully saturated rings. The number of ether oxygens (including phenoxy) is 4. The molecule has 5 aliphatic rings. The lowest BCUT2D eigenvalue weighted by atomic mass is 9.46. The summed E-state index contributed by atoms with van der Waals surface area (Å²) in [5.74, 6) is 2.22. The van der Waals surface area contributed by atoms with E-state index in [4.69, 9.17) is 18.9 Å². The highest BCUT2D eigenvalue weighted by atomic mass is 16.6. The van der Waals surface area contributed by atoms with Crippen molar-refractivity contribution in [3.63, 3.8) is 0 Å².